The van der Waals surface area contributed by atoms with E-state index in [2.05, 4.69) is 53.8 Å². The Balaban J connectivity index is 1.30. The lowest BCUT2D eigenvalue weighted by Gasteiger charge is -2.26. The molecule has 0 bridgehead atoms. The molecule has 3 nitrogen and oxygen atoms in total. The fourth-order valence-corrected chi connectivity index (χ4v) is 4.83. The molecule has 0 radical (unpaired) electrons. The van der Waals surface area contributed by atoms with Crippen LogP contribution in [0.25, 0.3) is 0 Å². The number of carbonyl (C=O) groups is 1. The number of benzene rings is 3. The summed E-state index contributed by atoms with van der Waals surface area (Å²) in [5, 5.41) is 2.96. The van der Waals surface area contributed by atoms with Gasteiger partial charge in [0.2, 0.25) is 0 Å². The van der Waals surface area contributed by atoms with E-state index in [1.165, 1.54) is 21.6 Å². The molecule has 3 aromatic carbocycles. The molecule has 1 aliphatic rings. The fourth-order valence-electron chi connectivity index (χ4n) is 3.91. The van der Waals surface area contributed by atoms with Crippen LogP contribution in [0.15, 0.2) is 83.8 Å². The molecular weight excluding hydrogens is 390 g/mol. The lowest BCUT2D eigenvalue weighted by atomic mass is 9.83. The van der Waals surface area contributed by atoms with Crippen LogP contribution >= 0.6 is 11.8 Å². The van der Waals surface area contributed by atoms with Crippen LogP contribution < -0.4 is 5.32 Å². The van der Waals surface area contributed by atoms with Crippen LogP contribution in [-0.4, -0.2) is 12.6 Å². The average molecular weight is 418 g/mol. The maximum Gasteiger partial charge on any atom is 0.407 e. The Hall–Kier alpha value is -2.72. The Labute approximate surface area is 182 Å². The van der Waals surface area contributed by atoms with Gasteiger partial charge in [0.1, 0.15) is 6.61 Å². The number of rotatable bonds is 7. The van der Waals surface area contributed by atoms with Gasteiger partial charge in [-0.3, -0.25) is 0 Å². The van der Waals surface area contributed by atoms with Gasteiger partial charge < -0.3 is 10.1 Å². The molecule has 1 aliphatic carbocycles. The molecule has 1 amide bonds. The summed E-state index contributed by atoms with van der Waals surface area (Å²) in [7, 11) is 0. The number of fused-ring (bicyclic) bond motifs is 1. The van der Waals surface area contributed by atoms with Gasteiger partial charge in [-0.15, -0.1) is 11.8 Å². The average Bonchev–Trinajstić information content (AvgIpc) is 2.81. The van der Waals surface area contributed by atoms with Gasteiger partial charge in [0.15, 0.2) is 0 Å². The minimum atomic E-state index is -0.346. The maximum atomic E-state index is 12.1. The highest BCUT2D eigenvalue weighted by Gasteiger charge is 2.21. The molecule has 0 saturated carbocycles. The van der Waals surface area contributed by atoms with Gasteiger partial charge in [-0.25, -0.2) is 4.79 Å². The number of aryl methyl sites for hydroxylation is 1. The summed E-state index contributed by atoms with van der Waals surface area (Å²) >= 11 is 1.88. The Kier molecular flexibility index (Phi) is 7.09. The predicted octanol–water partition coefficient (Wildman–Crippen LogP) is 6.33. The zero-order valence-corrected chi connectivity index (χ0v) is 17.9. The van der Waals surface area contributed by atoms with Crippen LogP contribution in [-0.2, 0) is 23.5 Å². The van der Waals surface area contributed by atoms with E-state index in [0.717, 1.165) is 30.6 Å². The van der Waals surface area contributed by atoms with Crippen molar-refractivity contribution in [2.75, 3.05) is 6.54 Å². The normalized spacial score (nSPS) is 15.3. The number of alkyl carbamates (subject to hydrolysis) is 1. The standard InChI is InChI=1S/C26H27NO2S/c28-26(29-18-20-8-3-1-4-9-20)27-17-23-13-7-12-22-16-24(14-15-25(22)23)30-19-21-10-5-2-6-11-21/h1-6,8-11,14-16,23H,7,12-13,17-19H2,(H,27,28). The SMILES string of the molecule is O=C(NCC1CCCc2cc(SCc3ccccc3)ccc21)OCc1ccccc1. The first-order valence-corrected chi connectivity index (χ1v) is 11.5. The second-order valence-electron chi connectivity index (χ2n) is 7.67. The minimum absolute atomic E-state index is 0.302. The highest BCUT2D eigenvalue weighted by atomic mass is 32.2. The third-order valence-corrected chi connectivity index (χ3v) is 6.57. The van der Waals surface area contributed by atoms with Crippen LogP contribution in [0.1, 0.15) is 41.0 Å². The molecule has 1 unspecified atom stereocenters. The van der Waals surface area contributed by atoms with Crippen molar-refractivity contribution in [3.63, 3.8) is 0 Å². The summed E-state index contributed by atoms with van der Waals surface area (Å²) in [5.41, 5.74) is 5.13. The second kappa shape index (κ2) is 10.4. The molecule has 0 fully saturated rings. The Morgan fingerprint density at radius 3 is 2.47 bits per heavy atom. The molecule has 30 heavy (non-hydrogen) atoms. The summed E-state index contributed by atoms with van der Waals surface area (Å²) in [6.45, 7) is 0.924. The van der Waals surface area contributed by atoms with Crippen molar-refractivity contribution in [3.05, 3.63) is 101 Å². The third-order valence-electron chi connectivity index (χ3n) is 5.51. The molecular formula is C26H27NO2S. The number of thioether (sulfide) groups is 1. The molecule has 4 rings (SSSR count). The van der Waals surface area contributed by atoms with Crippen LogP contribution in [0.3, 0.4) is 0 Å². The minimum Gasteiger partial charge on any atom is -0.445 e. The number of carbonyl (C=O) groups excluding carboxylic acids is 1. The predicted molar refractivity (Wildman–Crippen MR) is 123 cm³/mol. The first kappa shape index (κ1) is 20.5. The van der Waals surface area contributed by atoms with E-state index in [1.54, 1.807) is 0 Å². The third kappa shape index (κ3) is 5.67. The smallest absolute Gasteiger partial charge is 0.407 e. The zero-order chi connectivity index (χ0) is 20.6. The van der Waals surface area contributed by atoms with Crippen molar-refractivity contribution in [2.24, 2.45) is 0 Å². The number of amides is 1. The van der Waals surface area contributed by atoms with Crippen molar-refractivity contribution < 1.29 is 9.53 Å². The first-order valence-electron chi connectivity index (χ1n) is 10.5. The van der Waals surface area contributed by atoms with Crippen molar-refractivity contribution >= 4 is 17.9 Å². The van der Waals surface area contributed by atoms with E-state index in [4.69, 9.17) is 4.74 Å². The van der Waals surface area contributed by atoms with E-state index >= 15 is 0 Å². The number of nitrogens with one attached hydrogen (secondary N) is 1. The van der Waals surface area contributed by atoms with Crippen LogP contribution in [0.5, 0.6) is 0 Å². The monoisotopic (exact) mass is 417 g/mol. The first-order chi connectivity index (χ1) is 14.8. The molecule has 0 aromatic heterocycles. The summed E-state index contributed by atoms with van der Waals surface area (Å²) in [6, 6.07) is 27.1. The zero-order valence-electron chi connectivity index (χ0n) is 17.1. The Morgan fingerprint density at radius 2 is 1.70 bits per heavy atom. The van der Waals surface area contributed by atoms with Crippen molar-refractivity contribution in [1.82, 2.24) is 5.32 Å². The van der Waals surface area contributed by atoms with Gasteiger partial charge in [0.25, 0.3) is 0 Å². The molecule has 0 saturated heterocycles. The van der Waals surface area contributed by atoms with Gasteiger partial charge in [0.05, 0.1) is 0 Å². The Morgan fingerprint density at radius 1 is 0.967 bits per heavy atom. The largest absolute Gasteiger partial charge is 0.445 e. The van der Waals surface area contributed by atoms with Crippen LogP contribution in [0.4, 0.5) is 4.79 Å². The molecule has 0 heterocycles. The molecule has 154 valence electrons. The summed E-state index contributed by atoms with van der Waals surface area (Å²) in [6.07, 6.45) is 3.03. The molecule has 0 spiro atoms. The topological polar surface area (TPSA) is 38.3 Å². The lowest BCUT2D eigenvalue weighted by molar-refractivity contribution is 0.139. The van der Waals surface area contributed by atoms with E-state index in [-0.39, 0.29) is 6.09 Å². The van der Waals surface area contributed by atoms with Crippen molar-refractivity contribution in [2.45, 2.75) is 42.4 Å². The fraction of sp³-hybridized carbons (Fsp3) is 0.269. The quantitative estimate of drug-likeness (QED) is 0.457. The molecule has 3 aromatic rings. The van der Waals surface area contributed by atoms with Gasteiger partial charge in [-0.1, -0.05) is 66.7 Å². The molecule has 0 aliphatic heterocycles. The number of hydrogen-bond acceptors (Lipinski definition) is 3. The molecule has 4 heteroatoms. The summed E-state index contributed by atoms with van der Waals surface area (Å²) in [5.74, 6) is 1.34. The van der Waals surface area contributed by atoms with Crippen LogP contribution in [0.2, 0.25) is 0 Å². The highest BCUT2D eigenvalue weighted by molar-refractivity contribution is 7.98. The number of hydrogen-bond donors (Lipinski definition) is 1. The van der Waals surface area contributed by atoms with Gasteiger partial charge in [-0.2, -0.15) is 0 Å². The number of ether oxygens (including phenoxy) is 1. The van der Waals surface area contributed by atoms with Gasteiger partial charge >= 0.3 is 6.09 Å². The van der Waals surface area contributed by atoms with Gasteiger partial charge in [0, 0.05) is 23.1 Å². The Bertz CT molecular complexity index is 959. The highest BCUT2D eigenvalue weighted by Crippen LogP contribution is 2.34. The lowest BCUT2D eigenvalue weighted by Crippen LogP contribution is -2.30. The van der Waals surface area contributed by atoms with Crippen molar-refractivity contribution in [3.8, 4) is 0 Å². The summed E-state index contributed by atoms with van der Waals surface area (Å²) < 4.78 is 5.35. The van der Waals surface area contributed by atoms with E-state index in [1.807, 2.05) is 42.1 Å². The van der Waals surface area contributed by atoms with E-state index in [0.29, 0.717) is 19.1 Å². The molecule has 1 N–H and O–H groups in total. The maximum absolute atomic E-state index is 12.1. The van der Waals surface area contributed by atoms with Gasteiger partial charge in [-0.05, 0) is 53.6 Å². The summed E-state index contributed by atoms with van der Waals surface area (Å²) in [4.78, 5) is 13.4. The second-order valence-corrected chi connectivity index (χ2v) is 8.72. The van der Waals surface area contributed by atoms with E-state index in [9.17, 15) is 4.79 Å². The van der Waals surface area contributed by atoms with Crippen LogP contribution in [0, 0.1) is 0 Å². The van der Waals surface area contributed by atoms with Crippen molar-refractivity contribution in [1.29, 1.82) is 0 Å². The van der Waals surface area contributed by atoms with E-state index < -0.39 is 0 Å². The molecule has 1 atom stereocenters.